The van der Waals surface area contributed by atoms with E-state index < -0.39 is 0 Å². The molecule has 7 nitrogen and oxygen atoms in total. The smallest absolute Gasteiger partial charge is 0.227 e. The second kappa shape index (κ2) is 9.93. The monoisotopic (exact) mass is 446 g/mol. The highest BCUT2D eigenvalue weighted by Gasteiger charge is 2.22. The minimum absolute atomic E-state index is 0.268. The molecule has 3 heterocycles. The summed E-state index contributed by atoms with van der Waals surface area (Å²) in [6, 6.07) is 15.2. The Kier molecular flexibility index (Phi) is 6.60. The second-order valence-corrected chi connectivity index (χ2v) is 9.27. The molecule has 2 aromatic carbocycles. The van der Waals surface area contributed by atoms with Crippen LogP contribution < -0.4 is 20.3 Å². The first-order valence-electron chi connectivity index (χ1n) is 12.1. The molecule has 0 atom stereocenters. The van der Waals surface area contributed by atoms with Crippen LogP contribution in [0, 0.1) is 0 Å². The van der Waals surface area contributed by atoms with Gasteiger partial charge >= 0.3 is 0 Å². The number of nitrogens with one attached hydrogen (secondary N) is 2. The van der Waals surface area contributed by atoms with Crippen molar-refractivity contribution in [1.82, 2.24) is 20.2 Å². The lowest BCUT2D eigenvalue weighted by atomic mass is 10.1. The van der Waals surface area contributed by atoms with Gasteiger partial charge in [-0.25, -0.2) is 9.97 Å². The molecular formula is C26H34N6O. The number of benzene rings is 2. The first-order valence-corrected chi connectivity index (χ1v) is 12.1. The Morgan fingerprint density at radius 1 is 1.03 bits per heavy atom. The van der Waals surface area contributed by atoms with E-state index in [0.29, 0.717) is 12.0 Å². The number of nitrogens with zero attached hydrogens (tertiary/aromatic N) is 4. The molecule has 2 aliphatic heterocycles. The molecule has 2 aliphatic rings. The van der Waals surface area contributed by atoms with Gasteiger partial charge in [-0.3, -0.25) is 0 Å². The van der Waals surface area contributed by atoms with Gasteiger partial charge in [0.2, 0.25) is 5.95 Å². The highest BCUT2D eigenvalue weighted by Crippen LogP contribution is 2.26. The fourth-order valence-corrected chi connectivity index (χ4v) is 4.67. The molecule has 0 spiro atoms. The molecule has 1 aromatic heterocycles. The molecule has 33 heavy (non-hydrogen) atoms. The van der Waals surface area contributed by atoms with Gasteiger partial charge in [0.25, 0.3) is 0 Å². The van der Waals surface area contributed by atoms with Gasteiger partial charge in [-0.1, -0.05) is 6.07 Å². The third kappa shape index (κ3) is 5.37. The number of rotatable bonds is 6. The van der Waals surface area contributed by atoms with Crippen LogP contribution in [0.5, 0.6) is 5.75 Å². The van der Waals surface area contributed by atoms with E-state index in [1.54, 1.807) is 0 Å². The largest absolute Gasteiger partial charge is 0.490 e. The van der Waals surface area contributed by atoms with Gasteiger partial charge < -0.3 is 25.2 Å². The SMILES string of the molecule is CC(C)N1CCC(Oc2ccc3cnc(Nc4cccc(N5CCNCC5)c4)nc3c2)CC1. The summed E-state index contributed by atoms with van der Waals surface area (Å²) in [5.41, 5.74) is 3.11. The van der Waals surface area contributed by atoms with E-state index in [9.17, 15) is 0 Å². The van der Waals surface area contributed by atoms with E-state index >= 15 is 0 Å². The van der Waals surface area contributed by atoms with Crippen LogP contribution in [0.2, 0.25) is 0 Å². The zero-order valence-corrected chi connectivity index (χ0v) is 19.6. The van der Waals surface area contributed by atoms with Crippen molar-refractivity contribution >= 4 is 28.2 Å². The number of piperazine rings is 1. The zero-order chi connectivity index (χ0) is 22.6. The molecule has 0 bridgehead atoms. The van der Waals surface area contributed by atoms with E-state index in [2.05, 4.69) is 63.5 Å². The number of piperidine rings is 1. The topological polar surface area (TPSA) is 65.6 Å². The van der Waals surface area contributed by atoms with Crippen molar-refractivity contribution in [1.29, 1.82) is 0 Å². The van der Waals surface area contributed by atoms with E-state index in [0.717, 1.165) is 74.5 Å². The molecule has 2 N–H and O–H groups in total. The molecule has 174 valence electrons. The fraction of sp³-hybridized carbons (Fsp3) is 0.462. The molecule has 0 saturated carbocycles. The Hall–Kier alpha value is -2.90. The van der Waals surface area contributed by atoms with Gasteiger partial charge in [-0.05, 0) is 57.0 Å². The van der Waals surface area contributed by atoms with Crippen LogP contribution in [0.3, 0.4) is 0 Å². The first-order chi connectivity index (χ1) is 16.1. The van der Waals surface area contributed by atoms with Crippen molar-refractivity contribution in [3.63, 3.8) is 0 Å². The molecule has 5 rings (SSSR count). The average molecular weight is 447 g/mol. The maximum absolute atomic E-state index is 6.31. The van der Waals surface area contributed by atoms with Gasteiger partial charge in [0.1, 0.15) is 11.9 Å². The molecule has 0 unspecified atom stereocenters. The lowest BCUT2D eigenvalue weighted by Gasteiger charge is -2.34. The minimum Gasteiger partial charge on any atom is -0.490 e. The lowest BCUT2D eigenvalue weighted by molar-refractivity contribution is 0.0844. The maximum atomic E-state index is 6.31. The van der Waals surface area contributed by atoms with Crippen LogP contribution in [0.1, 0.15) is 26.7 Å². The summed E-state index contributed by atoms with van der Waals surface area (Å²) >= 11 is 0. The number of hydrogen-bond acceptors (Lipinski definition) is 7. The second-order valence-electron chi connectivity index (χ2n) is 9.27. The molecule has 2 fully saturated rings. The van der Waals surface area contributed by atoms with Crippen LogP contribution in [-0.4, -0.2) is 66.3 Å². The number of likely N-dealkylation sites (tertiary alicyclic amines) is 1. The quantitative estimate of drug-likeness (QED) is 0.593. The van der Waals surface area contributed by atoms with Gasteiger partial charge in [-0.15, -0.1) is 0 Å². The van der Waals surface area contributed by atoms with E-state index in [1.807, 2.05) is 24.4 Å². The standard InChI is InChI=1S/C26H34N6O/c1-19(2)31-12-8-23(9-13-31)33-24-7-6-20-18-28-26(30-25(20)17-24)29-21-4-3-5-22(16-21)32-14-10-27-11-15-32/h3-7,16-19,23,27H,8-15H2,1-2H3,(H,28,29,30). The van der Waals surface area contributed by atoms with Crippen LogP contribution in [0.25, 0.3) is 10.9 Å². The number of anilines is 3. The number of ether oxygens (including phenoxy) is 1. The van der Waals surface area contributed by atoms with Crippen molar-refractivity contribution in [2.24, 2.45) is 0 Å². The van der Waals surface area contributed by atoms with E-state index in [-0.39, 0.29) is 6.10 Å². The molecule has 2 saturated heterocycles. The van der Waals surface area contributed by atoms with Gasteiger partial charge in [0.15, 0.2) is 0 Å². The minimum atomic E-state index is 0.268. The number of hydrogen-bond donors (Lipinski definition) is 2. The summed E-state index contributed by atoms with van der Waals surface area (Å²) in [5, 5.41) is 7.79. The summed E-state index contributed by atoms with van der Waals surface area (Å²) in [4.78, 5) is 14.2. The molecule has 7 heteroatoms. The predicted molar refractivity (Wildman–Crippen MR) is 135 cm³/mol. The first kappa shape index (κ1) is 21.9. The highest BCUT2D eigenvalue weighted by atomic mass is 16.5. The zero-order valence-electron chi connectivity index (χ0n) is 19.6. The van der Waals surface area contributed by atoms with Crippen LogP contribution >= 0.6 is 0 Å². The van der Waals surface area contributed by atoms with Crippen molar-refractivity contribution in [2.45, 2.75) is 38.8 Å². The third-order valence-corrected chi connectivity index (χ3v) is 6.65. The number of fused-ring (bicyclic) bond motifs is 1. The van der Waals surface area contributed by atoms with Gasteiger partial charge in [-0.2, -0.15) is 0 Å². The van der Waals surface area contributed by atoms with Crippen LogP contribution in [0.15, 0.2) is 48.7 Å². The molecule has 3 aromatic rings. The highest BCUT2D eigenvalue weighted by molar-refractivity contribution is 5.80. The molecule has 0 aliphatic carbocycles. The van der Waals surface area contributed by atoms with Crippen molar-refractivity contribution in [2.75, 3.05) is 49.5 Å². The Balaban J connectivity index is 1.27. The van der Waals surface area contributed by atoms with E-state index in [1.165, 1.54) is 5.69 Å². The molecular weight excluding hydrogens is 412 g/mol. The van der Waals surface area contributed by atoms with E-state index in [4.69, 9.17) is 9.72 Å². The predicted octanol–water partition coefficient (Wildman–Crippen LogP) is 4.03. The summed E-state index contributed by atoms with van der Waals surface area (Å²) in [7, 11) is 0. The lowest BCUT2D eigenvalue weighted by Crippen LogP contribution is -2.43. The van der Waals surface area contributed by atoms with Gasteiger partial charge in [0, 0.05) is 74.3 Å². The fourth-order valence-electron chi connectivity index (χ4n) is 4.67. The Labute approximate surface area is 196 Å². The summed E-state index contributed by atoms with van der Waals surface area (Å²) in [6.45, 7) is 10.8. The Morgan fingerprint density at radius 2 is 1.85 bits per heavy atom. The molecule has 0 radical (unpaired) electrons. The van der Waals surface area contributed by atoms with Crippen LogP contribution in [-0.2, 0) is 0 Å². The average Bonchev–Trinajstić information content (AvgIpc) is 2.85. The van der Waals surface area contributed by atoms with Crippen molar-refractivity contribution in [3.05, 3.63) is 48.7 Å². The molecule has 0 amide bonds. The summed E-state index contributed by atoms with van der Waals surface area (Å²) < 4.78 is 6.31. The number of aromatic nitrogens is 2. The normalized spacial score (nSPS) is 18.1. The maximum Gasteiger partial charge on any atom is 0.227 e. The Morgan fingerprint density at radius 3 is 2.64 bits per heavy atom. The van der Waals surface area contributed by atoms with Crippen molar-refractivity contribution < 1.29 is 4.74 Å². The van der Waals surface area contributed by atoms with Crippen molar-refractivity contribution in [3.8, 4) is 5.75 Å². The Bertz CT molecular complexity index is 1070. The van der Waals surface area contributed by atoms with Gasteiger partial charge in [0.05, 0.1) is 5.52 Å². The van der Waals surface area contributed by atoms with Crippen LogP contribution in [0.4, 0.5) is 17.3 Å². The summed E-state index contributed by atoms with van der Waals surface area (Å²) in [6.07, 6.45) is 4.27. The third-order valence-electron chi connectivity index (χ3n) is 6.65. The summed E-state index contributed by atoms with van der Waals surface area (Å²) in [5.74, 6) is 1.48.